The van der Waals surface area contributed by atoms with Crippen molar-refractivity contribution >= 4 is 5.91 Å². The van der Waals surface area contributed by atoms with Crippen LogP contribution in [0.5, 0.6) is 11.5 Å². The number of fused-ring (bicyclic) bond motifs is 1. The van der Waals surface area contributed by atoms with Gasteiger partial charge in [0.05, 0.1) is 6.04 Å². The van der Waals surface area contributed by atoms with Crippen LogP contribution in [0.15, 0.2) is 48.5 Å². The Kier molecular flexibility index (Phi) is 4.78. The molecule has 0 bridgehead atoms. The second kappa shape index (κ2) is 7.15. The van der Waals surface area contributed by atoms with Gasteiger partial charge in [0.2, 0.25) is 12.7 Å². The molecule has 1 aliphatic heterocycles. The lowest BCUT2D eigenvalue weighted by Crippen LogP contribution is -2.41. The van der Waals surface area contributed by atoms with Crippen LogP contribution in [0.3, 0.4) is 0 Å². The molecule has 0 fully saturated rings. The number of rotatable bonds is 6. The van der Waals surface area contributed by atoms with Gasteiger partial charge in [-0.2, -0.15) is 0 Å². The summed E-state index contributed by atoms with van der Waals surface area (Å²) in [5.41, 5.74) is 2.14. The van der Waals surface area contributed by atoms with E-state index < -0.39 is 0 Å². The molecule has 1 amide bonds. The molecule has 0 radical (unpaired) electrons. The highest BCUT2D eigenvalue weighted by atomic mass is 16.7. The van der Waals surface area contributed by atoms with E-state index in [9.17, 15) is 4.79 Å². The Labute approximate surface area is 135 Å². The summed E-state index contributed by atoms with van der Waals surface area (Å²) < 4.78 is 10.6. The van der Waals surface area contributed by atoms with E-state index in [1.165, 1.54) is 0 Å². The molecule has 1 heterocycles. The van der Waals surface area contributed by atoms with E-state index in [1.807, 2.05) is 55.5 Å². The maximum Gasteiger partial charge on any atom is 0.237 e. The number of ether oxygens (including phenoxy) is 2. The second-order valence-corrected chi connectivity index (χ2v) is 5.49. The highest BCUT2D eigenvalue weighted by Gasteiger charge is 2.15. The first-order valence-corrected chi connectivity index (χ1v) is 7.66. The summed E-state index contributed by atoms with van der Waals surface area (Å²) in [7, 11) is 0. The fraction of sp³-hybridized carbons (Fsp3) is 0.278. The average molecular weight is 312 g/mol. The van der Waals surface area contributed by atoms with Gasteiger partial charge in [-0.25, -0.2) is 0 Å². The Hall–Kier alpha value is -2.53. The first-order chi connectivity index (χ1) is 11.2. The summed E-state index contributed by atoms with van der Waals surface area (Å²) >= 11 is 0. The van der Waals surface area contributed by atoms with Crippen molar-refractivity contribution in [2.45, 2.75) is 26.1 Å². The molecule has 3 rings (SSSR count). The first-order valence-electron chi connectivity index (χ1n) is 7.66. The molecule has 2 N–H and O–H groups in total. The third-order valence-corrected chi connectivity index (χ3v) is 3.75. The van der Waals surface area contributed by atoms with Gasteiger partial charge in [0, 0.05) is 13.1 Å². The normalized spacial score (nSPS) is 13.6. The lowest BCUT2D eigenvalue weighted by molar-refractivity contribution is -0.122. The van der Waals surface area contributed by atoms with Crippen LogP contribution in [0.25, 0.3) is 0 Å². The van der Waals surface area contributed by atoms with Crippen molar-refractivity contribution in [3.05, 3.63) is 59.7 Å². The smallest absolute Gasteiger partial charge is 0.237 e. The van der Waals surface area contributed by atoms with E-state index in [0.717, 1.165) is 22.6 Å². The van der Waals surface area contributed by atoms with Gasteiger partial charge in [-0.1, -0.05) is 36.4 Å². The van der Waals surface area contributed by atoms with Crippen molar-refractivity contribution < 1.29 is 14.3 Å². The van der Waals surface area contributed by atoms with Crippen molar-refractivity contribution in [3.8, 4) is 11.5 Å². The van der Waals surface area contributed by atoms with Gasteiger partial charge < -0.3 is 20.1 Å². The molecule has 0 saturated heterocycles. The summed E-state index contributed by atoms with van der Waals surface area (Å²) in [5, 5.41) is 6.15. The van der Waals surface area contributed by atoms with E-state index >= 15 is 0 Å². The zero-order chi connectivity index (χ0) is 16.1. The molecule has 1 atom stereocenters. The van der Waals surface area contributed by atoms with Crippen LogP contribution in [-0.4, -0.2) is 18.7 Å². The minimum absolute atomic E-state index is 0.0291. The van der Waals surface area contributed by atoms with E-state index in [1.54, 1.807) is 0 Å². The quantitative estimate of drug-likeness (QED) is 0.858. The summed E-state index contributed by atoms with van der Waals surface area (Å²) in [4.78, 5) is 12.1. The number of hydrogen-bond donors (Lipinski definition) is 2. The molecule has 5 nitrogen and oxygen atoms in total. The minimum Gasteiger partial charge on any atom is -0.454 e. The highest BCUT2D eigenvalue weighted by Crippen LogP contribution is 2.32. The molecule has 0 saturated carbocycles. The van der Waals surface area contributed by atoms with Crippen molar-refractivity contribution in [2.24, 2.45) is 0 Å². The lowest BCUT2D eigenvalue weighted by atomic mass is 10.2. The third-order valence-electron chi connectivity index (χ3n) is 3.75. The van der Waals surface area contributed by atoms with Gasteiger partial charge in [-0.05, 0) is 30.2 Å². The fourth-order valence-electron chi connectivity index (χ4n) is 2.35. The van der Waals surface area contributed by atoms with E-state index in [0.29, 0.717) is 13.1 Å². The molecule has 0 aliphatic carbocycles. The summed E-state index contributed by atoms with van der Waals surface area (Å²) in [6.45, 7) is 3.25. The number of carbonyl (C=O) groups is 1. The minimum atomic E-state index is -0.260. The number of nitrogens with one attached hydrogen (secondary N) is 2. The topological polar surface area (TPSA) is 59.6 Å². The van der Waals surface area contributed by atoms with Gasteiger partial charge in [0.15, 0.2) is 11.5 Å². The maximum absolute atomic E-state index is 12.1. The predicted molar refractivity (Wildman–Crippen MR) is 87.2 cm³/mol. The zero-order valence-corrected chi connectivity index (χ0v) is 13.0. The monoisotopic (exact) mass is 312 g/mol. The van der Waals surface area contributed by atoms with Crippen LogP contribution in [0.4, 0.5) is 0 Å². The van der Waals surface area contributed by atoms with Gasteiger partial charge in [0.1, 0.15) is 0 Å². The van der Waals surface area contributed by atoms with Crippen LogP contribution in [-0.2, 0) is 17.9 Å². The van der Waals surface area contributed by atoms with Gasteiger partial charge in [-0.3, -0.25) is 4.79 Å². The van der Waals surface area contributed by atoms with E-state index in [-0.39, 0.29) is 18.7 Å². The number of amides is 1. The molecule has 23 heavy (non-hydrogen) atoms. The van der Waals surface area contributed by atoms with Gasteiger partial charge >= 0.3 is 0 Å². The Bertz CT molecular complexity index is 673. The molecule has 1 aliphatic rings. The number of carbonyl (C=O) groups excluding carboxylic acids is 1. The summed E-state index contributed by atoms with van der Waals surface area (Å²) in [5.74, 6) is 1.45. The molecule has 0 aromatic heterocycles. The van der Waals surface area contributed by atoms with E-state index in [2.05, 4.69) is 10.6 Å². The predicted octanol–water partition coefficient (Wildman–Crippen LogP) is 2.21. The second-order valence-electron chi connectivity index (χ2n) is 5.49. The third kappa shape index (κ3) is 4.02. The summed E-state index contributed by atoms with van der Waals surface area (Å²) in [6, 6.07) is 15.4. The SMILES string of the molecule is CC(NCc1ccccc1)C(=O)NCc1ccc2c(c1)OCO2. The largest absolute Gasteiger partial charge is 0.454 e. The Morgan fingerprint density at radius 2 is 1.83 bits per heavy atom. The number of benzene rings is 2. The maximum atomic E-state index is 12.1. The highest BCUT2D eigenvalue weighted by molar-refractivity contribution is 5.81. The van der Waals surface area contributed by atoms with Crippen molar-refractivity contribution in [3.63, 3.8) is 0 Å². The first kappa shape index (κ1) is 15.4. The molecule has 2 aromatic rings. The average Bonchev–Trinajstić information content (AvgIpc) is 3.06. The van der Waals surface area contributed by atoms with E-state index in [4.69, 9.17) is 9.47 Å². The van der Waals surface area contributed by atoms with Crippen LogP contribution < -0.4 is 20.1 Å². The van der Waals surface area contributed by atoms with Crippen molar-refractivity contribution in [1.29, 1.82) is 0 Å². The molecule has 2 aromatic carbocycles. The molecular formula is C18H20N2O3. The summed E-state index contributed by atoms with van der Waals surface area (Å²) in [6.07, 6.45) is 0. The van der Waals surface area contributed by atoms with Crippen molar-refractivity contribution in [1.82, 2.24) is 10.6 Å². The van der Waals surface area contributed by atoms with Crippen LogP contribution in [0.2, 0.25) is 0 Å². The Morgan fingerprint density at radius 1 is 1.04 bits per heavy atom. The lowest BCUT2D eigenvalue weighted by Gasteiger charge is -2.14. The Morgan fingerprint density at radius 3 is 2.65 bits per heavy atom. The fourth-order valence-corrected chi connectivity index (χ4v) is 2.35. The molecule has 5 heteroatoms. The molecule has 120 valence electrons. The molecule has 1 unspecified atom stereocenters. The van der Waals surface area contributed by atoms with Gasteiger partial charge in [-0.15, -0.1) is 0 Å². The van der Waals surface area contributed by atoms with Crippen molar-refractivity contribution in [2.75, 3.05) is 6.79 Å². The van der Waals surface area contributed by atoms with Crippen LogP contribution >= 0.6 is 0 Å². The standard InChI is InChI=1S/C18H20N2O3/c1-13(19-10-14-5-3-2-4-6-14)18(21)20-11-15-7-8-16-17(9-15)23-12-22-16/h2-9,13,19H,10-12H2,1H3,(H,20,21). The van der Waals surface area contributed by atoms with Crippen LogP contribution in [0.1, 0.15) is 18.1 Å². The number of hydrogen-bond acceptors (Lipinski definition) is 4. The Balaban J connectivity index is 1.47. The molecular weight excluding hydrogens is 292 g/mol. The zero-order valence-electron chi connectivity index (χ0n) is 13.0. The molecule has 0 spiro atoms. The van der Waals surface area contributed by atoms with Gasteiger partial charge in [0.25, 0.3) is 0 Å². The van der Waals surface area contributed by atoms with Crippen LogP contribution in [0, 0.1) is 0 Å².